The third-order valence-electron chi connectivity index (χ3n) is 4.44. The van der Waals surface area contributed by atoms with Crippen LogP contribution in [0.4, 0.5) is 0 Å². The van der Waals surface area contributed by atoms with Crippen LogP contribution < -0.4 is 10.1 Å². The van der Waals surface area contributed by atoms with Crippen LogP contribution in [0.2, 0.25) is 0 Å². The molecule has 2 heterocycles. The average molecular weight is 342 g/mol. The number of rotatable bonds is 5. The van der Waals surface area contributed by atoms with Crippen molar-refractivity contribution in [1.29, 1.82) is 0 Å². The minimum Gasteiger partial charge on any atom is -0.497 e. The molecule has 1 atom stereocenters. The Morgan fingerprint density at radius 1 is 1.44 bits per heavy atom. The van der Waals surface area contributed by atoms with Crippen LogP contribution in [0.15, 0.2) is 30.5 Å². The lowest BCUT2D eigenvalue weighted by Crippen LogP contribution is -2.39. The van der Waals surface area contributed by atoms with Crippen LogP contribution in [-0.4, -0.2) is 47.1 Å². The van der Waals surface area contributed by atoms with E-state index in [1.165, 1.54) is 6.92 Å². The third-order valence-corrected chi connectivity index (χ3v) is 4.44. The number of ether oxygens (including phenoxy) is 1. The topological polar surface area (TPSA) is 87.3 Å². The first-order valence-electron chi connectivity index (χ1n) is 8.31. The molecule has 1 aromatic carbocycles. The minimum atomic E-state index is -0.206. The fraction of sp³-hybridized carbons (Fsp3) is 0.389. The lowest BCUT2D eigenvalue weighted by atomic mass is 10.0. The monoisotopic (exact) mass is 342 g/mol. The summed E-state index contributed by atoms with van der Waals surface area (Å²) >= 11 is 0. The number of aromatic amines is 1. The molecule has 2 N–H and O–H groups in total. The average Bonchev–Trinajstić information content (AvgIpc) is 3.28. The van der Waals surface area contributed by atoms with Gasteiger partial charge >= 0.3 is 0 Å². The molecule has 0 radical (unpaired) electrons. The maximum atomic E-state index is 12.5. The van der Waals surface area contributed by atoms with E-state index < -0.39 is 0 Å². The van der Waals surface area contributed by atoms with Gasteiger partial charge in [-0.05, 0) is 30.5 Å². The van der Waals surface area contributed by atoms with Gasteiger partial charge in [0, 0.05) is 19.0 Å². The normalized spacial score (nSPS) is 16.7. The van der Waals surface area contributed by atoms with Crippen molar-refractivity contribution in [3.8, 4) is 16.9 Å². The van der Waals surface area contributed by atoms with Crippen molar-refractivity contribution in [2.45, 2.75) is 25.8 Å². The second kappa shape index (κ2) is 7.38. The Morgan fingerprint density at radius 3 is 3.04 bits per heavy atom. The lowest BCUT2D eigenvalue weighted by molar-refractivity contribution is -0.133. The molecule has 1 aromatic heterocycles. The van der Waals surface area contributed by atoms with Gasteiger partial charge in [0.1, 0.15) is 5.75 Å². The predicted molar refractivity (Wildman–Crippen MR) is 92.9 cm³/mol. The van der Waals surface area contributed by atoms with Crippen molar-refractivity contribution in [2.75, 3.05) is 20.2 Å². The number of likely N-dealkylation sites (tertiary alicyclic amines) is 1. The molecule has 1 aliphatic rings. The van der Waals surface area contributed by atoms with E-state index in [-0.39, 0.29) is 24.4 Å². The Morgan fingerprint density at radius 2 is 2.28 bits per heavy atom. The summed E-state index contributed by atoms with van der Waals surface area (Å²) in [6, 6.07) is 7.70. The zero-order valence-corrected chi connectivity index (χ0v) is 14.4. The zero-order chi connectivity index (χ0) is 17.8. The molecule has 25 heavy (non-hydrogen) atoms. The van der Waals surface area contributed by atoms with Gasteiger partial charge in [0.2, 0.25) is 11.8 Å². The first-order valence-corrected chi connectivity index (χ1v) is 8.31. The summed E-state index contributed by atoms with van der Waals surface area (Å²) in [5.74, 6) is 0.487. The Balaban J connectivity index is 1.85. The second-order valence-corrected chi connectivity index (χ2v) is 6.08. The molecule has 1 fully saturated rings. The van der Waals surface area contributed by atoms with E-state index in [0.29, 0.717) is 6.54 Å². The number of benzene rings is 1. The molecule has 0 spiro atoms. The first-order chi connectivity index (χ1) is 12.1. The molecule has 2 amide bonds. The number of nitrogens with zero attached hydrogens (tertiary/aromatic N) is 2. The molecule has 132 valence electrons. The maximum absolute atomic E-state index is 12.5. The van der Waals surface area contributed by atoms with Gasteiger partial charge in [0.25, 0.3) is 0 Å². The number of hydrogen-bond donors (Lipinski definition) is 2. The van der Waals surface area contributed by atoms with Gasteiger partial charge in [-0.2, -0.15) is 5.10 Å². The number of nitrogens with one attached hydrogen (secondary N) is 2. The highest BCUT2D eigenvalue weighted by atomic mass is 16.5. The van der Waals surface area contributed by atoms with E-state index >= 15 is 0 Å². The minimum absolute atomic E-state index is 0.0223. The van der Waals surface area contributed by atoms with Crippen LogP contribution in [0.25, 0.3) is 11.1 Å². The number of amides is 2. The molecular formula is C18H22N4O3. The summed E-state index contributed by atoms with van der Waals surface area (Å²) in [6.45, 7) is 2.11. The molecule has 7 heteroatoms. The summed E-state index contributed by atoms with van der Waals surface area (Å²) < 4.78 is 5.30. The Labute approximate surface area is 146 Å². The van der Waals surface area contributed by atoms with Crippen LogP contribution in [0.1, 0.15) is 31.5 Å². The first kappa shape index (κ1) is 17.0. The number of hydrogen-bond acceptors (Lipinski definition) is 4. The Hall–Kier alpha value is -2.83. The summed E-state index contributed by atoms with van der Waals surface area (Å²) in [5.41, 5.74) is 2.87. The molecule has 7 nitrogen and oxygen atoms in total. The van der Waals surface area contributed by atoms with Crippen molar-refractivity contribution in [3.05, 3.63) is 36.2 Å². The van der Waals surface area contributed by atoms with Crippen LogP contribution in [0.3, 0.4) is 0 Å². The number of carbonyl (C=O) groups excluding carboxylic acids is 2. The molecule has 1 aliphatic heterocycles. The highest BCUT2D eigenvalue weighted by molar-refractivity contribution is 5.84. The number of carbonyl (C=O) groups is 2. The fourth-order valence-corrected chi connectivity index (χ4v) is 3.24. The Bertz CT molecular complexity index is 771. The summed E-state index contributed by atoms with van der Waals surface area (Å²) in [4.78, 5) is 25.3. The van der Waals surface area contributed by atoms with Crippen LogP contribution >= 0.6 is 0 Å². The van der Waals surface area contributed by atoms with Crippen molar-refractivity contribution in [1.82, 2.24) is 20.4 Å². The standard InChI is InChI=1S/C18H22N4O3/c1-12(23)19-11-17(24)22-8-4-7-16(22)18-15(10-20-21-18)13-5-3-6-14(9-13)25-2/h3,5-6,9-10,16H,4,7-8,11H2,1-2H3,(H,19,23)(H,20,21). The second-order valence-electron chi connectivity index (χ2n) is 6.08. The zero-order valence-electron chi connectivity index (χ0n) is 14.4. The lowest BCUT2D eigenvalue weighted by Gasteiger charge is -2.25. The van der Waals surface area contributed by atoms with Crippen LogP contribution in [0, 0.1) is 0 Å². The highest BCUT2D eigenvalue weighted by Crippen LogP contribution is 2.37. The molecule has 0 bridgehead atoms. The third kappa shape index (κ3) is 3.65. The van der Waals surface area contributed by atoms with Gasteiger partial charge in [0.15, 0.2) is 0 Å². The smallest absolute Gasteiger partial charge is 0.242 e. The predicted octanol–water partition coefficient (Wildman–Crippen LogP) is 1.88. The van der Waals surface area contributed by atoms with Crippen molar-refractivity contribution >= 4 is 11.8 Å². The van der Waals surface area contributed by atoms with Gasteiger partial charge in [-0.3, -0.25) is 14.7 Å². The molecule has 3 rings (SSSR count). The number of aromatic nitrogens is 2. The van der Waals surface area contributed by atoms with E-state index in [4.69, 9.17) is 4.74 Å². The molecule has 1 unspecified atom stereocenters. The number of methoxy groups -OCH3 is 1. The van der Waals surface area contributed by atoms with Gasteiger partial charge in [-0.1, -0.05) is 12.1 Å². The SMILES string of the molecule is COc1cccc(-c2cn[nH]c2C2CCCN2C(=O)CNC(C)=O)c1. The van der Waals surface area contributed by atoms with Crippen LogP contribution in [0.5, 0.6) is 5.75 Å². The fourth-order valence-electron chi connectivity index (χ4n) is 3.24. The quantitative estimate of drug-likeness (QED) is 0.868. The largest absolute Gasteiger partial charge is 0.497 e. The van der Waals surface area contributed by atoms with Crippen molar-refractivity contribution in [3.63, 3.8) is 0 Å². The molecule has 1 saturated heterocycles. The van der Waals surface area contributed by atoms with Gasteiger partial charge in [0.05, 0.1) is 31.6 Å². The Kier molecular flexibility index (Phi) is 5.02. The van der Waals surface area contributed by atoms with Crippen molar-refractivity contribution < 1.29 is 14.3 Å². The summed E-state index contributed by atoms with van der Waals surface area (Å²) in [6.07, 6.45) is 3.57. The maximum Gasteiger partial charge on any atom is 0.242 e. The molecule has 2 aromatic rings. The van der Waals surface area contributed by atoms with Crippen LogP contribution in [-0.2, 0) is 9.59 Å². The van der Waals surface area contributed by atoms with E-state index in [1.807, 2.05) is 29.2 Å². The molecule has 0 saturated carbocycles. The van der Waals surface area contributed by atoms with Gasteiger partial charge < -0.3 is 15.0 Å². The molecule has 0 aliphatic carbocycles. The van der Waals surface area contributed by atoms with E-state index in [0.717, 1.165) is 35.4 Å². The molecular weight excluding hydrogens is 320 g/mol. The summed E-state index contributed by atoms with van der Waals surface area (Å²) in [7, 11) is 1.63. The summed E-state index contributed by atoms with van der Waals surface area (Å²) in [5, 5.41) is 9.83. The van der Waals surface area contributed by atoms with E-state index in [1.54, 1.807) is 13.3 Å². The van der Waals surface area contributed by atoms with E-state index in [9.17, 15) is 9.59 Å². The highest BCUT2D eigenvalue weighted by Gasteiger charge is 2.32. The van der Waals surface area contributed by atoms with Gasteiger partial charge in [-0.15, -0.1) is 0 Å². The van der Waals surface area contributed by atoms with Crippen molar-refractivity contribution in [2.24, 2.45) is 0 Å². The van der Waals surface area contributed by atoms with Gasteiger partial charge in [-0.25, -0.2) is 0 Å². The van der Waals surface area contributed by atoms with E-state index in [2.05, 4.69) is 15.5 Å². The number of H-pyrrole nitrogens is 1.